The lowest BCUT2D eigenvalue weighted by Crippen LogP contribution is -2.32. The largest absolute Gasteiger partial charge is 0.465 e. The quantitative estimate of drug-likeness (QED) is 0.598. The van der Waals surface area contributed by atoms with Crippen molar-refractivity contribution in [3.8, 4) is 11.1 Å². The molecule has 2 aromatic rings. The van der Waals surface area contributed by atoms with Gasteiger partial charge in [-0.25, -0.2) is 4.79 Å². The van der Waals surface area contributed by atoms with Gasteiger partial charge in [-0.15, -0.1) is 4.99 Å². The predicted octanol–water partition coefficient (Wildman–Crippen LogP) is 4.61. The van der Waals surface area contributed by atoms with E-state index >= 15 is 0 Å². The molecule has 1 amide bonds. The number of nitrogens with zero attached hydrogens (tertiary/aromatic N) is 2. The Labute approximate surface area is 154 Å². The van der Waals surface area contributed by atoms with E-state index < -0.39 is 6.09 Å². The van der Waals surface area contributed by atoms with Crippen LogP contribution in [-0.4, -0.2) is 30.2 Å². The number of hydrogen-bond acceptors (Lipinski definition) is 3. The molecule has 0 aliphatic carbocycles. The second-order valence-corrected chi connectivity index (χ2v) is 6.11. The number of carbonyl (C=O) groups is 1. The second-order valence-electron chi connectivity index (χ2n) is 6.11. The molecule has 0 atom stereocenters. The van der Waals surface area contributed by atoms with Crippen LogP contribution in [0.25, 0.3) is 11.1 Å². The van der Waals surface area contributed by atoms with Gasteiger partial charge in [-0.2, -0.15) is 0 Å². The Kier molecular flexibility index (Phi) is 5.89. The minimum atomic E-state index is -0.610. The highest BCUT2D eigenvalue weighted by molar-refractivity contribution is 5.87. The van der Waals surface area contributed by atoms with Gasteiger partial charge in [-0.3, -0.25) is 0 Å². The van der Waals surface area contributed by atoms with Crippen LogP contribution in [0.1, 0.15) is 31.4 Å². The van der Waals surface area contributed by atoms with Gasteiger partial charge in [0.15, 0.2) is 0 Å². The van der Waals surface area contributed by atoms with Crippen LogP contribution in [-0.2, 0) is 22.6 Å². The Bertz CT molecular complexity index is 754. The van der Waals surface area contributed by atoms with Gasteiger partial charge < -0.3 is 14.4 Å². The number of amidine groups is 1. The summed E-state index contributed by atoms with van der Waals surface area (Å²) in [6.07, 6.45) is 0.150. The van der Waals surface area contributed by atoms with E-state index in [-0.39, 0.29) is 0 Å². The highest BCUT2D eigenvalue weighted by Gasteiger charge is 2.23. The van der Waals surface area contributed by atoms with Crippen molar-refractivity contribution in [3.05, 3.63) is 59.7 Å². The lowest BCUT2D eigenvalue weighted by atomic mass is 9.97. The summed E-state index contributed by atoms with van der Waals surface area (Å²) in [6.45, 7) is 5.85. The van der Waals surface area contributed by atoms with E-state index in [2.05, 4.69) is 29.3 Å². The smallest absolute Gasteiger partial charge is 0.438 e. The zero-order valence-electron chi connectivity index (χ0n) is 15.3. The monoisotopic (exact) mass is 352 g/mol. The Hall–Kier alpha value is -2.82. The summed E-state index contributed by atoms with van der Waals surface area (Å²) in [5.41, 5.74) is 4.75. The summed E-state index contributed by atoms with van der Waals surface area (Å²) < 4.78 is 10.8. The minimum absolute atomic E-state index is 0.306. The number of carbonyl (C=O) groups excluding carboxylic acids is 1. The molecule has 0 unspecified atom stereocenters. The lowest BCUT2D eigenvalue weighted by molar-refractivity contribution is 0.153. The molecule has 3 rings (SSSR count). The average Bonchev–Trinajstić information content (AvgIpc) is 2.83. The van der Waals surface area contributed by atoms with Crippen molar-refractivity contribution in [2.75, 3.05) is 13.2 Å². The molecule has 0 aromatic heterocycles. The lowest BCUT2D eigenvalue weighted by Gasteiger charge is -2.24. The number of rotatable bonds is 3. The van der Waals surface area contributed by atoms with Gasteiger partial charge in [-0.1, -0.05) is 55.5 Å². The molecule has 1 aliphatic rings. The molecule has 0 fully saturated rings. The molecule has 0 saturated carbocycles. The summed E-state index contributed by atoms with van der Waals surface area (Å²) in [5.74, 6) is 0. The fraction of sp³-hybridized carbons (Fsp3) is 0.333. The van der Waals surface area contributed by atoms with Crippen LogP contribution in [0, 0.1) is 0 Å². The maximum Gasteiger partial charge on any atom is 0.438 e. The Morgan fingerprint density at radius 1 is 0.962 bits per heavy atom. The van der Waals surface area contributed by atoms with Crippen molar-refractivity contribution in [1.29, 1.82) is 0 Å². The van der Waals surface area contributed by atoms with E-state index in [4.69, 9.17) is 9.47 Å². The first-order chi connectivity index (χ1) is 12.7. The standard InChI is InChI=1S/C21H24N2O3/c1-3-13-26-21(24)22-20(25-4-2)23-14-16-9-5-7-11-18(16)19-12-8-6-10-17(19)15-23/h5-12H,3-4,13-15H2,1-2H3/b22-20-. The maximum absolute atomic E-state index is 12.0. The van der Waals surface area contributed by atoms with E-state index in [1.165, 1.54) is 22.3 Å². The Morgan fingerprint density at radius 2 is 1.54 bits per heavy atom. The molecule has 26 heavy (non-hydrogen) atoms. The Morgan fingerprint density at radius 3 is 2.08 bits per heavy atom. The first-order valence-corrected chi connectivity index (χ1v) is 9.02. The molecule has 2 aromatic carbocycles. The molecule has 0 N–H and O–H groups in total. The predicted molar refractivity (Wildman–Crippen MR) is 102 cm³/mol. The third-order valence-electron chi connectivity index (χ3n) is 4.21. The summed E-state index contributed by atoms with van der Waals surface area (Å²) >= 11 is 0. The highest BCUT2D eigenvalue weighted by atomic mass is 16.6. The first kappa shape index (κ1) is 18.0. The first-order valence-electron chi connectivity index (χ1n) is 9.02. The van der Waals surface area contributed by atoms with Gasteiger partial charge in [-0.05, 0) is 35.6 Å². The van der Waals surface area contributed by atoms with Crippen LogP contribution in [0.2, 0.25) is 0 Å². The summed E-state index contributed by atoms with van der Waals surface area (Å²) in [4.78, 5) is 18.1. The van der Waals surface area contributed by atoms with E-state index in [0.717, 1.165) is 6.42 Å². The van der Waals surface area contributed by atoms with Crippen molar-refractivity contribution in [2.24, 2.45) is 4.99 Å². The molecular formula is C21H24N2O3. The number of ether oxygens (including phenoxy) is 2. The molecule has 5 nitrogen and oxygen atoms in total. The zero-order valence-corrected chi connectivity index (χ0v) is 15.3. The Balaban J connectivity index is 1.97. The van der Waals surface area contributed by atoms with Gasteiger partial charge in [0.2, 0.25) is 0 Å². The van der Waals surface area contributed by atoms with E-state index in [1.807, 2.05) is 43.0 Å². The van der Waals surface area contributed by atoms with Crippen molar-refractivity contribution < 1.29 is 14.3 Å². The van der Waals surface area contributed by atoms with Crippen molar-refractivity contribution in [2.45, 2.75) is 33.4 Å². The summed E-state index contributed by atoms with van der Waals surface area (Å²) in [6, 6.07) is 16.9. The van der Waals surface area contributed by atoms with Crippen molar-refractivity contribution in [1.82, 2.24) is 4.90 Å². The van der Waals surface area contributed by atoms with Gasteiger partial charge in [0.05, 0.1) is 13.2 Å². The van der Waals surface area contributed by atoms with Gasteiger partial charge in [0, 0.05) is 13.1 Å². The molecule has 1 heterocycles. The molecule has 5 heteroatoms. The van der Waals surface area contributed by atoms with Gasteiger partial charge in [0.1, 0.15) is 0 Å². The van der Waals surface area contributed by atoms with Gasteiger partial charge >= 0.3 is 6.09 Å². The molecule has 1 aliphatic heterocycles. The van der Waals surface area contributed by atoms with E-state index in [1.54, 1.807) is 0 Å². The number of hydrogen-bond donors (Lipinski definition) is 0. The highest BCUT2D eigenvalue weighted by Crippen LogP contribution is 2.32. The normalized spacial score (nSPS) is 13.5. The number of fused-ring (bicyclic) bond motifs is 3. The van der Waals surface area contributed by atoms with Gasteiger partial charge in [0.25, 0.3) is 6.02 Å². The third-order valence-corrected chi connectivity index (χ3v) is 4.21. The van der Waals surface area contributed by atoms with Crippen molar-refractivity contribution >= 4 is 12.1 Å². The molecule has 0 spiro atoms. The fourth-order valence-corrected chi connectivity index (χ4v) is 3.07. The molecular weight excluding hydrogens is 328 g/mol. The molecule has 0 radical (unpaired) electrons. The number of benzene rings is 2. The van der Waals surface area contributed by atoms with E-state index in [0.29, 0.717) is 32.3 Å². The van der Waals surface area contributed by atoms with E-state index in [9.17, 15) is 4.79 Å². The molecule has 0 saturated heterocycles. The van der Waals surface area contributed by atoms with Crippen LogP contribution in [0.15, 0.2) is 53.5 Å². The van der Waals surface area contributed by atoms with Crippen LogP contribution in [0.4, 0.5) is 4.79 Å². The van der Waals surface area contributed by atoms with Crippen molar-refractivity contribution in [3.63, 3.8) is 0 Å². The number of aliphatic imine (C=N–C) groups is 1. The van der Waals surface area contributed by atoms with Crippen LogP contribution < -0.4 is 0 Å². The topological polar surface area (TPSA) is 51.1 Å². The summed E-state index contributed by atoms with van der Waals surface area (Å²) in [5, 5.41) is 0. The zero-order chi connectivity index (χ0) is 18.4. The SMILES string of the molecule is CCCOC(=O)/N=C(\OCC)N1Cc2ccccc2-c2ccccc2C1. The van der Waals surface area contributed by atoms with Crippen LogP contribution >= 0.6 is 0 Å². The van der Waals surface area contributed by atoms with Crippen LogP contribution in [0.3, 0.4) is 0 Å². The second kappa shape index (κ2) is 8.52. The third kappa shape index (κ3) is 4.04. The summed E-state index contributed by atoms with van der Waals surface area (Å²) in [7, 11) is 0. The number of amides is 1. The minimum Gasteiger partial charge on any atom is -0.465 e. The maximum atomic E-state index is 12.0. The average molecular weight is 352 g/mol. The fourth-order valence-electron chi connectivity index (χ4n) is 3.07. The molecule has 0 bridgehead atoms. The molecule has 136 valence electrons. The van der Waals surface area contributed by atoms with Crippen LogP contribution in [0.5, 0.6) is 0 Å².